The first kappa shape index (κ1) is 12.9. The molecule has 0 aliphatic carbocycles. The van der Waals surface area contributed by atoms with Crippen LogP contribution in [0.1, 0.15) is 15.9 Å². The second-order valence-electron chi connectivity index (χ2n) is 4.10. The van der Waals surface area contributed by atoms with E-state index < -0.39 is 11.7 Å². The lowest BCUT2D eigenvalue weighted by atomic mass is 10.1. The lowest BCUT2D eigenvalue weighted by Crippen LogP contribution is -2.13. The van der Waals surface area contributed by atoms with Gasteiger partial charge in [-0.15, -0.1) is 0 Å². The van der Waals surface area contributed by atoms with E-state index in [9.17, 15) is 9.18 Å². The number of nitrogen functional groups attached to an aromatic ring is 1. The summed E-state index contributed by atoms with van der Waals surface area (Å²) in [5.74, 6) is -0.722. The van der Waals surface area contributed by atoms with E-state index in [1.54, 1.807) is 25.1 Å². The molecule has 2 rings (SSSR count). The largest absolute Gasteiger partial charge is 0.454 e. The average molecular weight is 260 g/mol. The lowest BCUT2D eigenvalue weighted by molar-refractivity contribution is 0.100. The van der Waals surface area contributed by atoms with E-state index in [4.69, 9.17) is 16.2 Å². The van der Waals surface area contributed by atoms with Gasteiger partial charge >= 0.3 is 0 Å². The molecule has 5 heteroatoms. The van der Waals surface area contributed by atoms with Crippen LogP contribution in [-0.2, 0) is 0 Å². The predicted octanol–water partition coefficient (Wildman–Crippen LogP) is 2.61. The maximum Gasteiger partial charge on any atom is 0.250 e. The van der Waals surface area contributed by atoms with Crippen molar-refractivity contribution in [1.29, 1.82) is 0 Å². The molecule has 98 valence electrons. The molecule has 2 aromatic carbocycles. The summed E-state index contributed by atoms with van der Waals surface area (Å²) in [5.41, 5.74) is 11.7. The van der Waals surface area contributed by atoms with Crippen LogP contribution in [0.25, 0.3) is 0 Å². The highest BCUT2D eigenvalue weighted by molar-refractivity contribution is 5.98. The lowest BCUT2D eigenvalue weighted by Gasteiger charge is -2.10. The second kappa shape index (κ2) is 4.97. The number of ether oxygens (including phenoxy) is 1. The number of aryl methyl sites for hydroxylation is 1. The smallest absolute Gasteiger partial charge is 0.250 e. The Bertz CT molecular complexity index is 641. The Morgan fingerprint density at radius 3 is 2.68 bits per heavy atom. The second-order valence-corrected chi connectivity index (χ2v) is 4.10. The summed E-state index contributed by atoms with van der Waals surface area (Å²) in [7, 11) is 0. The number of nitrogens with two attached hydrogens (primary N) is 2. The van der Waals surface area contributed by atoms with Gasteiger partial charge in [0.05, 0.1) is 5.56 Å². The Kier molecular flexibility index (Phi) is 3.37. The third-order valence-corrected chi connectivity index (χ3v) is 2.67. The molecule has 19 heavy (non-hydrogen) atoms. The number of benzene rings is 2. The maximum atomic E-state index is 13.8. The predicted molar refractivity (Wildman–Crippen MR) is 70.6 cm³/mol. The highest BCUT2D eigenvalue weighted by atomic mass is 19.1. The molecule has 0 heterocycles. The molecule has 0 spiro atoms. The number of hydrogen-bond donors (Lipinski definition) is 2. The summed E-state index contributed by atoms with van der Waals surface area (Å²) in [6.45, 7) is 1.64. The number of carbonyl (C=O) groups is 1. The summed E-state index contributed by atoms with van der Waals surface area (Å²) < 4.78 is 19.2. The Hall–Kier alpha value is -2.56. The number of rotatable bonds is 3. The van der Waals surface area contributed by atoms with Crippen molar-refractivity contribution in [3.63, 3.8) is 0 Å². The monoisotopic (exact) mass is 260 g/mol. The fraction of sp³-hybridized carbons (Fsp3) is 0.0714. The molecule has 2 aromatic rings. The van der Waals surface area contributed by atoms with E-state index in [-0.39, 0.29) is 17.0 Å². The Balaban J connectivity index is 2.36. The Morgan fingerprint density at radius 2 is 2.00 bits per heavy atom. The standard InChI is InChI=1S/C14H13FN2O2/c1-8-3-2-4-12(13(8)15)19-9-5-6-11(16)10(7-9)14(17)18/h2-7H,16H2,1H3,(H2,17,18). The first-order valence-corrected chi connectivity index (χ1v) is 5.61. The van der Waals surface area contributed by atoms with Gasteiger partial charge in [-0.2, -0.15) is 0 Å². The molecular formula is C14H13FN2O2. The van der Waals surface area contributed by atoms with Gasteiger partial charge in [-0.25, -0.2) is 4.39 Å². The van der Waals surface area contributed by atoms with Crippen molar-refractivity contribution in [3.8, 4) is 11.5 Å². The topological polar surface area (TPSA) is 78.3 Å². The summed E-state index contributed by atoms with van der Waals surface area (Å²) in [6, 6.07) is 9.24. The molecule has 0 radical (unpaired) electrons. The minimum atomic E-state index is -0.660. The maximum absolute atomic E-state index is 13.8. The van der Waals surface area contributed by atoms with Crippen LogP contribution in [0.2, 0.25) is 0 Å². The van der Waals surface area contributed by atoms with Crippen LogP contribution in [0.3, 0.4) is 0 Å². The van der Waals surface area contributed by atoms with Gasteiger partial charge in [0.25, 0.3) is 5.91 Å². The van der Waals surface area contributed by atoms with Crippen LogP contribution in [0, 0.1) is 12.7 Å². The summed E-state index contributed by atoms with van der Waals surface area (Å²) >= 11 is 0. The van der Waals surface area contributed by atoms with Gasteiger partial charge in [-0.1, -0.05) is 12.1 Å². The van der Waals surface area contributed by atoms with E-state index in [0.29, 0.717) is 11.3 Å². The van der Waals surface area contributed by atoms with Gasteiger partial charge < -0.3 is 16.2 Å². The van der Waals surface area contributed by atoms with Crippen LogP contribution >= 0.6 is 0 Å². The van der Waals surface area contributed by atoms with E-state index in [1.165, 1.54) is 18.2 Å². The zero-order chi connectivity index (χ0) is 14.0. The minimum Gasteiger partial charge on any atom is -0.454 e. The fourth-order valence-electron chi connectivity index (χ4n) is 1.64. The third kappa shape index (κ3) is 2.65. The van der Waals surface area contributed by atoms with Crippen LogP contribution in [0.4, 0.5) is 10.1 Å². The van der Waals surface area contributed by atoms with Crippen molar-refractivity contribution in [3.05, 3.63) is 53.3 Å². The number of halogens is 1. The molecule has 0 saturated carbocycles. The van der Waals surface area contributed by atoms with Gasteiger partial charge in [-0.05, 0) is 36.8 Å². The molecule has 1 amide bonds. The van der Waals surface area contributed by atoms with Crippen LogP contribution in [0.15, 0.2) is 36.4 Å². The van der Waals surface area contributed by atoms with Crippen molar-refractivity contribution in [2.75, 3.05) is 5.73 Å². The average Bonchev–Trinajstić information content (AvgIpc) is 2.37. The van der Waals surface area contributed by atoms with Gasteiger partial charge in [0.15, 0.2) is 11.6 Å². The SMILES string of the molecule is Cc1cccc(Oc2ccc(N)c(C(N)=O)c2)c1F. The summed E-state index contributed by atoms with van der Waals surface area (Å²) in [6.07, 6.45) is 0. The van der Waals surface area contributed by atoms with Crippen molar-refractivity contribution in [2.24, 2.45) is 5.73 Å². The summed E-state index contributed by atoms with van der Waals surface area (Å²) in [5, 5.41) is 0. The molecule has 0 fully saturated rings. The van der Waals surface area contributed by atoms with Gasteiger partial charge in [0, 0.05) is 5.69 Å². The zero-order valence-corrected chi connectivity index (χ0v) is 10.3. The molecular weight excluding hydrogens is 247 g/mol. The first-order valence-electron chi connectivity index (χ1n) is 5.61. The van der Waals surface area contributed by atoms with Crippen LogP contribution in [0.5, 0.6) is 11.5 Å². The quantitative estimate of drug-likeness (QED) is 0.832. The van der Waals surface area contributed by atoms with Crippen molar-refractivity contribution in [2.45, 2.75) is 6.92 Å². The van der Waals surface area contributed by atoms with E-state index in [2.05, 4.69) is 0 Å². The first-order chi connectivity index (χ1) is 8.99. The number of primary amides is 1. The molecule has 0 atom stereocenters. The van der Waals surface area contributed by atoms with Crippen molar-refractivity contribution in [1.82, 2.24) is 0 Å². The normalized spacial score (nSPS) is 10.2. The molecule has 0 aliphatic rings. The number of anilines is 1. The van der Waals surface area contributed by atoms with E-state index >= 15 is 0 Å². The van der Waals surface area contributed by atoms with E-state index in [1.807, 2.05) is 0 Å². The molecule has 0 bridgehead atoms. The van der Waals surface area contributed by atoms with E-state index in [0.717, 1.165) is 0 Å². The number of amides is 1. The van der Waals surface area contributed by atoms with Crippen molar-refractivity contribution >= 4 is 11.6 Å². The molecule has 0 saturated heterocycles. The summed E-state index contributed by atoms with van der Waals surface area (Å²) in [4.78, 5) is 11.2. The number of carbonyl (C=O) groups excluding carboxylic acids is 1. The van der Waals surface area contributed by atoms with Gasteiger partial charge in [0.2, 0.25) is 0 Å². The number of hydrogen-bond acceptors (Lipinski definition) is 3. The van der Waals surface area contributed by atoms with Gasteiger partial charge in [0.1, 0.15) is 5.75 Å². The van der Waals surface area contributed by atoms with Crippen molar-refractivity contribution < 1.29 is 13.9 Å². The Morgan fingerprint density at radius 1 is 1.26 bits per heavy atom. The highest BCUT2D eigenvalue weighted by Crippen LogP contribution is 2.28. The molecule has 4 nitrogen and oxygen atoms in total. The molecule has 0 aromatic heterocycles. The zero-order valence-electron chi connectivity index (χ0n) is 10.3. The Labute approximate surface area is 109 Å². The molecule has 0 aliphatic heterocycles. The molecule has 4 N–H and O–H groups in total. The minimum absolute atomic E-state index is 0.0835. The fourth-order valence-corrected chi connectivity index (χ4v) is 1.64. The van der Waals surface area contributed by atoms with Crippen LogP contribution < -0.4 is 16.2 Å². The highest BCUT2D eigenvalue weighted by Gasteiger charge is 2.10. The third-order valence-electron chi connectivity index (χ3n) is 2.67. The van der Waals surface area contributed by atoms with Crippen LogP contribution in [-0.4, -0.2) is 5.91 Å². The van der Waals surface area contributed by atoms with Gasteiger partial charge in [-0.3, -0.25) is 4.79 Å². The molecule has 0 unspecified atom stereocenters.